The third kappa shape index (κ3) is 10.0. The molecule has 379 valence electrons. The standard InChI is InChI=1S/C69H84BN2S/c1-19-20-21-23-28-46-37-49(66(9,10)11)38-52(45-26-24-22-25-27-45)62(46)72-57-34-31-48(65(6,7)8)39-56(57)70-61-53-42-54-55(69(17,18)36-35-68(54,15)16)43-60(53)73-63(61)71(51-32-29-47(30-33-51)64(3,4)5)58-40-50(67(12,13)14)41-59(72)44(58)2/h19-20,22,24-27,29-34,37-43H,21,23,28,35-36H2,1-18H3/b20-19-. The fourth-order valence-electron chi connectivity index (χ4n) is 11.4. The maximum atomic E-state index is 2.72. The van der Waals surface area contributed by atoms with Crippen molar-refractivity contribution >= 4 is 73.1 Å². The molecule has 0 saturated heterocycles. The first-order valence-electron chi connectivity index (χ1n) is 27.4. The highest BCUT2D eigenvalue weighted by Gasteiger charge is 2.39. The highest BCUT2D eigenvalue weighted by Crippen LogP contribution is 2.54. The van der Waals surface area contributed by atoms with Crippen LogP contribution in [-0.4, -0.2) is 7.28 Å². The van der Waals surface area contributed by atoms with Crippen molar-refractivity contribution in [3.8, 4) is 11.1 Å². The molecule has 2 nitrogen and oxygen atoms in total. The van der Waals surface area contributed by atoms with Gasteiger partial charge in [-0.3, -0.25) is 0 Å². The van der Waals surface area contributed by atoms with Gasteiger partial charge in [-0.2, -0.15) is 0 Å². The van der Waals surface area contributed by atoms with Gasteiger partial charge >= 0.3 is 0 Å². The van der Waals surface area contributed by atoms with E-state index in [1.165, 1.54) is 123 Å². The Hall–Kier alpha value is -5.32. The molecule has 1 aromatic heterocycles. The van der Waals surface area contributed by atoms with Crippen LogP contribution >= 0.6 is 11.3 Å². The van der Waals surface area contributed by atoms with Gasteiger partial charge in [0, 0.05) is 21.6 Å². The van der Waals surface area contributed by atoms with Crippen molar-refractivity contribution < 1.29 is 0 Å². The van der Waals surface area contributed by atoms with E-state index in [-0.39, 0.29) is 32.5 Å². The predicted molar refractivity (Wildman–Crippen MR) is 324 cm³/mol. The molecule has 7 aromatic rings. The van der Waals surface area contributed by atoms with Gasteiger partial charge in [0.05, 0.1) is 22.1 Å². The van der Waals surface area contributed by atoms with E-state index in [1.807, 2.05) is 11.3 Å². The lowest BCUT2D eigenvalue weighted by Gasteiger charge is -2.42. The Kier molecular flexibility index (Phi) is 13.5. The van der Waals surface area contributed by atoms with E-state index in [2.05, 4.69) is 263 Å². The van der Waals surface area contributed by atoms with Gasteiger partial charge in [0.2, 0.25) is 0 Å². The largest absolute Gasteiger partial charge is 0.310 e. The van der Waals surface area contributed by atoms with Crippen LogP contribution in [0, 0.1) is 6.92 Å². The number of aryl methyl sites for hydroxylation is 1. The van der Waals surface area contributed by atoms with Gasteiger partial charge < -0.3 is 9.80 Å². The van der Waals surface area contributed by atoms with Gasteiger partial charge in [-0.05, 0) is 188 Å². The SMILES string of the molecule is C/C=C\CCCc1cc(C(C)(C)C)cc(-c2ccccc2)c1N1c2ccc(C(C)(C)C)cc2[B]c2c(sc3cc4c(cc23)C(C)(C)CCC4(C)C)N(c2ccc(C(C)(C)C)cc2)c2cc(C(C)(C)C)cc1c2C. The third-order valence-electron chi connectivity index (χ3n) is 16.4. The van der Waals surface area contributed by atoms with Crippen molar-refractivity contribution in [2.24, 2.45) is 0 Å². The van der Waals surface area contributed by atoms with E-state index in [0.717, 1.165) is 19.3 Å². The number of unbranched alkanes of at least 4 members (excludes halogenated alkanes) is 1. The molecule has 2 bridgehead atoms. The van der Waals surface area contributed by atoms with Crippen molar-refractivity contribution in [3.63, 3.8) is 0 Å². The van der Waals surface area contributed by atoms with Crippen LogP contribution in [0.5, 0.6) is 0 Å². The van der Waals surface area contributed by atoms with Crippen LogP contribution in [0.4, 0.5) is 33.4 Å². The summed E-state index contributed by atoms with van der Waals surface area (Å²) in [5.41, 5.74) is 22.0. The summed E-state index contributed by atoms with van der Waals surface area (Å²) in [4.78, 5) is 5.38. The zero-order valence-corrected chi connectivity index (χ0v) is 48.8. The molecule has 0 saturated carbocycles. The molecule has 6 aromatic carbocycles. The van der Waals surface area contributed by atoms with Gasteiger partial charge in [0.25, 0.3) is 0 Å². The number of allylic oxidation sites excluding steroid dienone is 2. The first-order valence-corrected chi connectivity index (χ1v) is 28.2. The molecule has 0 amide bonds. The maximum Gasteiger partial charge on any atom is 0.199 e. The van der Waals surface area contributed by atoms with E-state index in [4.69, 9.17) is 0 Å². The monoisotopic (exact) mass is 984 g/mol. The minimum Gasteiger partial charge on any atom is -0.310 e. The summed E-state index contributed by atoms with van der Waals surface area (Å²) in [6, 6.07) is 43.6. The number of benzene rings is 6. The summed E-state index contributed by atoms with van der Waals surface area (Å²) in [5.74, 6) is 0. The van der Waals surface area contributed by atoms with Gasteiger partial charge in [-0.25, -0.2) is 0 Å². The molecule has 1 aliphatic heterocycles. The smallest absolute Gasteiger partial charge is 0.199 e. The Bertz CT molecular complexity index is 3220. The van der Waals surface area contributed by atoms with E-state index >= 15 is 0 Å². The van der Waals surface area contributed by atoms with E-state index in [1.54, 1.807) is 0 Å². The summed E-state index contributed by atoms with van der Waals surface area (Å²) in [7, 11) is 2.60. The molecule has 0 unspecified atom stereocenters. The van der Waals surface area contributed by atoms with Gasteiger partial charge in [-0.1, -0.05) is 189 Å². The molecule has 0 N–H and O–H groups in total. The van der Waals surface area contributed by atoms with Crippen molar-refractivity contribution in [1.82, 2.24) is 0 Å². The first kappa shape index (κ1) is 52.5. The Labute approximate surface area is 446 Å². The van der Waals surface area contributed by atoms with Crippen LogP contribution in [0.1, 0.15) is 188 Å². The third-order valence-corrected chi connectivity index (χ3v) is 17.6. The number of hydrogen-bond acceptors (Lipinski definition) is 3. The van der Waals surface area contributed by atoms with Crippen molar-refractivity contribution in [2.45, 2.75) is 189 Å². The Morgan fingerprint density at radius 2 is 1.15 bits per heavy atom. The molecule has 1 aliphatic carbocycles. The molecule has 2 heterocycles. The molecule has 9 rings (SSSR count). The molecule has 73 heavy (non-hydrogen) atoms. The summed E-state index contributed by atoms with van der Waals surface area (Å²) in [6.07, 6.45) is 9.93. The fraction of sp³-hybridized carbons (Fsp3) is 0.420. The van der Waals surface area contributed by atoms with Crippen LogP contribution < -0.4 is 20.7 Å². The minimum absolute atomic E-state index is 0.0210. The number of thiophene rings is 1. The van der Waals surface area contributed by atoms with Crippen LogP contribution in [0.3, 0.4) is 0 Å². The Morgan fingerprint density at radius 1 is 0.589 bits per heavy atom. The number of anilines is 6. The molecule has 4 heteroatoms. The van der Waals surface area contributed by atoms with Gasteiger partial charge in [-0.15, -0.1) is 11.3 Å². The normalized spacial score (nSPS) is 15.8. The molecule has 0 atom stereocenters. The van der Waals surface area contributed by atoms with Gasteiger partial charge in [0.1, 0.15) is 0 Å². The molecule has 0 fully saturated rings. The molecule has 1 radical (unpaired) electrons. The van der Waals surface area contributed by atoms with Crippen LogP contribution in [0.15, 0.2) is 121 Å². The minimum atomic E-state index is -0.160. The number of hydrogen-bond donors (Lipinski definition) is 0. The quantitative estimate of drug-likeness (QED) is 0.0892. The lowest BCUT2D eigenvalue weighted by Crippen LogP contribution is -2.37. The lowest BCUT2D eigenvalue weighted by atomic mass is 9.60. The number of nitrogens with zero attached hydrogens (tertiary/aromatic N) is 2. The van der Waals surface area contributed by atoms with E-state index in [0.29, 0.717) is 0 Å². The lowest BCUT2D eigenvalue weighted by molar-refractivity contribution is 0.332. The fourth-order valence-corrected chi connectivity index (χ4v) is 12.6. The topological polar surface area (TPSA) is 6.48 Å². The van der Waals surface area contributed by atoms with Crippen LogP contribution in [0.25, 0.3) is 21.2 Å². The van der Waals surface area contributed by atoms with Gasteiger partial charge in [0.15, 0.2) is 7.28 Å². The number of fused-ring (bicyclic) bond motifs is 7. The second-order valence-electron chi connectivity index (χ2n) is 27.1. The first-order chi connectivity index (χ1) is 34.1. The molecular weight excluding hydrogens is 900 g/mol. The van der Waals surface area contributed by atoms with Crippen molar-refractivity contribution in [3.05, 3.63) is 166 Å². The second-order valence-corrected chi connectivity index (χ2v) is 28.1. The van der Waals surface area contributed by atoms with Crippen LogP contribution in [-0.2, 0) is 38.9 Å². The zero-order valence-electron chi connectivity index (χ0n) is 48.0. The van der Waals surface area contributed by atoms with E-state index in [9.17, 15) is 0 Å². The maximum absolute atomic E-state index is 2.72. The average molecular weight is 984 g/mol. The summed E-state index contributed by atoms with van der Waals surface area (Å²) in [5, 5.41) is 2.61. The van der Waals surface area contributed by atoms with Crippen molar-refractivity contribution in [1.29, 1.82) is 0 Å². The Morgan fingerprint density at radius 3 is 1.74 bits per heavy atom. The Balaban J connectivity index is 1.50. The predicted octanol–water partition coefficient (Wildman–Crippen LogP) is 19.2. The van der Waals surface area contributed by atoms with E-state index < -0.39 is 0 Å². The summed E-state index contributed by atoms with van der Waals surface area (Å²) in [6.45, 7) is 42.8. The summed E-state index contributed by atoms with van der Waals surface area (Å²) < 4.78 is 1.35. The highest BCUT2D eigenvalue weighted by atomic mass is 32.1. The molecule has 2 aliphatic rings. The summed E-state index contributed by atoms with van der Waals surface area (Å²) >= 11 is 1.97. The van der Waals surface area contributed by atoms with Crippen LogP contribution in [0.2, 0.25) is 0 Å². The highest BCUT2D eigenvalue weighted by molar-refractivity contribution is 7.25. The zero-order chi connectivity index (χ0) is 52.8. The second kappa shape index (κ2) is 18.8. The molecular formula is C69H84BN2S. The van der Waals surface area contributed by atoms with Crippen molar-refractivity contribution in [2.75, 3.05) is 9.80 Å². The number of rotatable bonds is 7. The average Bonchev–Trinajstić information content (AvgIpc) is 3.65. The molecule has 0 spiro atoms.